The zero-order valence-corrected chi connectivity index (χ0v) is 8.13. The van der Waals surface area contributed by atoms with Gasteiger partial charge in [0.15, 0.2) is 0 Å². The van der Waals surface area contributed by atoms with E-state index in [1.165, 1.54) is 0 Å². The fourth-order valence-corrected chi connectivity index (χ4v) is 1.09. The van der Waals surface area contributed by atoms with Gasteiger partial charge in [-0.1, -0.05) is 12.2 Å². The van der Waals surface area contributed by atoms with Crippen LogP contribution in [-0.4, -0.2) is 6.10 Å². The van der Waals surface area contributed by atoms with Crippen LogP contribution in [0.5, 0.6) is 0 Å². The Morgan fingerprint density at radius 1 is 1.42 bits per heavy atom. The second-order valence-corrected chi connectivity index (χ2v) is 2.66. The quantitative estimate of drug-likeness (QED) is 0.286. The van der Waals surface area contributed by atoms with Crippen molar-refractivity contribution in [3.63, 3.8) is 0 Å². The van der Waals surface area contributed by atoms with Gasteiger partial charge in [-0.3, -0.25) is 0 Å². The zero-order valence-electron chi connectivity index (χ0n) is 7.23. The van der Waals surface area contributed by atoms with Gasteiger partial charge < -0.3 is 4.89 Å². The second-order valence-electron chi connectivity index (χ2n) is 2.00. The van der Waals surface area contributed by atoms with Gasteiger partial charge in [-0.25, -0.2) is 0 Å². The molecule has 0 heterocycles. The van der Waals surface area contributed by atoms with E-state index >= 15 is 0 Å². The van der Waals surface area contributed by atoms with Gasteiger partial charge in [0.1, 0.15) is 6.10 Å². The van der Waals surface area contributed by atoms with Gasteiger partial charge in [0.2, 0.25) is 0 Å². The molecule has 0 rings (SSSR count). The molecule has 0 aliphatic heterocycles. The van der Waals surface area contributed by atoms with Gasteiger partial charge in [0, 0.05) is 0 Å². The SMILES string of the molecule is C=CCC(CC=C)O[P+](=O)[O-].[Li+]. The normalized spacial score (nSPS) is 10.3. The van der Waals surface area contributed by atoms with Crippen molar-refractivity contribution in [3.8, 4) is 0 Å². The van der Waals surface area contributed by atoms with Crippen molar-refractivity contribution >= 4 is 8.25 Å². The maximum atomic E-state index is 10.1. The molecule has 5 heteroatoms. The van der Waals surface area contributed by atoms with Gasteiger partial charge in [-0.05, 0) is 17.4 Å². The summed E-state index contributed by atoms with van der Waals surface area (Å²) in [5.41, 5.74) is 0. The van der Waals surface area contributed by atoms with Crippen molar-refractivity contribution in [1.82, 2.24) is 0 Å². The Bertz CT molecular complexity index is 151. The van der Waals surface area contributed by atoms with E-state index in [0.717, 1.165) is 0 Å². The molecule has 0 radical (unpaired) electrons. The zero-order chi connectivity index (χ0) is 8.69. The van der Waals surface area contributed by atoms with Gasteiger partial charge in [0.05, 0.1) is 0 Å². The average molecular weight is 181 g/mol. The van der Waals surface area contributed by atoms with Crippen LogP contribution in [0.2, 0.25) is 0 Å². The molecule has 0 bridgehead atoms. The molecular formula is C7H11LiO3P+. The van der Waals surface area contributed by atoms with E-state index in [0.29, 0.717) is 12.8 Å². The van der Waals surface area contributed by atoms with Crippen LogP contribution < -0.4 is 23.8 Å². The maximum absolute atomic E-state index is 10.1. The molecule has 0 aromatic heterocycles. The molecule has 0 fully saturated rings. The molecule has 62 valence electrons. The summed E-state index contributed by atoms with van der Waals surface area (Å²) in [4.78, 5) is 10.1. The van der Waals surface area contributed by atoms with Crippen molar-refractivity contribution < 1.29 is 32.8 Å². The topological polar surface area (TPSA) is 49.4 Å². The number of rotatable bonds is 6. The summed E-state index contributed by atoms with van der Waals surface area (Å²) >= 11 is 0. The minimum Gasteiger partial charge on any atom is -0.566 e. The predicted molar refractivity (Wildman–Crippen MR) is 42.1 cm³/mol. The van der Waals surface area contributed by atoms with Crippen LogP contribution in [0.3, 0.4) is 0 Å². The van der Waals surface area contributed by atoms with Crippen LogP contribution >= 0.6 is 8.25 Å². The van der Waals surface area contributed by atoms with E-state index in [-0.39, 0.29) is 25.0 Å². The minimum atomic E-state index is -2.76. The molecule has 1 atom stereocenters. The van der Waals surface area contributed by atoms with Crippen LogP contribution in [0.1, 0.15) is 12.8 Å². The molecule has 0 aliphatic rings. The van der Waals surface area contributed by atoms with Crippen molar-refractivity contribution in [3.05, 3.63) is 25.3 Å². The third kappa shape index (κ3) is 8.20. The largest absolute Gasteiger partial charge is 1.00 e. The van der Waals surface area contributed by atoms with Crippen LogP contribution in [0, 0.1) is 0 Å². The van der Waals surface area contributed by atoms with E-state index in [1.807, 2.05) is 0 Å². The molecule has 0 aliphatic carbocycles. The predicted octanol–water partition coefficient (Wildman–Crippen LogP) is -1.45. The fraction of sp³-hybridized carbons (Fsp3) is 0.429. The van der Waals surface area contributed by atoms with Gasteiger partial charge >= 0.3 is 27.1 Å². The summed E-state index contributed by atoms with van der Waals surface area (Å²) in [5.74, 6) is 0. The first-order valence-corrected chi connectivity index (χ1v) is 4.33. The van der Waals surface area contributed by atoms with Crippen LogP contribution in [0.15, 0.2) is 25.3 Å². The summed E-state index contributed by atoms with van der Waals surface area (Å²) in [6.07, 6.45) is 3.95. The van der Waals surface area contributed by atoms with E-state index in [9.17, 15) is 9.46 Å². The summed E-state index contributed by atoms with van der Waals surface area (Å²) < 4.78 is 14.6. The van der Waals surface area contributed by atoms with Gasteiger partial charge in [0.25, 0.3) is 0 Å². The number of hydrogen-bond acceptors (Lipinski definition) is 3. The molecule has 3 nitrogen and oxygen atoms in total. The first-order chi connectivity index (χ1) is 5.20. The van der Waals surface area contributed by atoms with E-state index in [1.54, 1.807) is 12.2 Å². The maximum Gasteiger partial charge on any atom is 1.00 e. The summed E-state index contributed by atoms with van der Waals surface area (Å²) in [7, 11) is -2.76. The molecule has 0 aromatic carbocycles. The van der Waals surface area contributed by atoms with Gasteiger partial charge in [-0.2, -0.15) is 0 Å². The Balaban J connectivity index is 0. The smallest absolute Gasteiger partial charge is 0.566 e. The fourth-order valence-electron chi connectivity index (χ4n) is 0.676. The Labute approximate surface area is 85.6 Å². The summed E-state index contributed by atoms with van der Waals surface area (Å²) in [6, 6.07) is 0. The number of hydrogen-bond donors (Lipinski definition) is 0. The monoisotopic (exact) mass is 181 g/mol. The van der Waals surface area contributed by atoms with Crippen molar-refractivity contribution in [2.24, 2.45) is 0 Å². The minimum absolute atomic E-state index is 0. The Hall–Kier alpha value is 0.0974. The summed E-state index contributed by atoms with van der Waals surface area (Å²) in [6.45, 7) is 6.96. The van der Waals surface area contributed by atoms with Crippen LogP contribution in [0.25, 0.3) is 0 Å². The molecule has 0 amide bonds. The van der Waals surface area contributed by atoms with Crippen molar-refractivity contribution in [1.29, 1.82) is 0 Å². The van der Waals surface area contributed by atoms with Crippen molar-refractivity contribution in [2.45, 2.75) is 18.9 Å². The molecule has 12 heavy (non-hydrogen) atoms. The van der Waals surface area contributed by atoms with E-state index < -0.39 is 8.25 Å². The first-order valence-electron chi connectivity index (χ1n) is 3.23. The molecule has 0 spiro atoms. The standard InChI is InChI=1S/C7H11O3P.Li/c1-3-5-7(6-4-2)10-11(8)9;/h3-4,7H,1-2,5-6H2;/q;+1. The second kappa shape index (κ2) is 9.19. The third-order valence-corrected chi connectivity index (χ3v) is 1.56. The average Bonchev–Trinajstić information content (AvgIpc) is 1.87. The Morgan fingerprint density at radius 3 is 2.08 bits per heavy atom. The van der Waals surface area contributed by atoms with Crippen molar-refractivity contribution in [2.75, 3.05) is 0 Å². The Morgan fingerprint density at radius 2 is 1.83 bits per heavy atom. The molecule has 1 unspecified atom stereocenters. The van der Waals surface area contributed by atoms with Crippen LogP contribution in [-0.2, 0) is 9.09 Å². The van der Waals surface area contributed by atoms with Gasteiger partial charge in [-0.15, -0.1) is 17.7 Å². The van der Waals surface area contributed by atoms with Crippen LogP contribution in [0.4, 0.5) is 0 Å². The molecular weight excluding hydrogens is 170 g/mol. The Kier molecular flexibility index (Phi) is 11.2. The molecule has 0 N–H and O–H groups in total. The van der Waals surface area contributed by atoms with E-state index in [4.69, 9.17) is 0 Å². The van der Waals surface area contributed by atoms with E-state index in [2.05, 4.69) is 17.7 Å². The molecule has 0 saturated carbocycles. The molecule has 0 saturated heterocycles. The first kappa shape index (κ1) is 14.6. The molecule has 0 aromatic rings. The third-order valence-electron chi connectivity index (χ3n) is 1.09. The summed E-state index contributed by atoms with van der Waals surface area (Å²) in [5, 5.41) is 0.